The third kappa shape index (κ3) is 1.25. The number of aromatic carboxylic acids is 1. The number of rotatable bonds is 1. The predicted octanol–water partition coefficient (Wildman–Crippen LogP) is 0.891. The lowest BCUT2D eigenvalue weighted by Gasteiger charge is -1.92. The highest BCUT2D eigenvalue weighted by atomic mass is 16.4. The largest absolute Gasteiger partial charge is 0.508 e. The zero-order valence-corrected chi connectivity index (χ0v) is 5.03. The zero-order valence-electron chi connectivity index (χ0n) is 5.03. The smallest absolute Gasteiger partial charge is 0.335 e. The van der Waals surface area contributed by atoms with Crippen molar-refractivity contribution in [2.75, 3.05) is 0 Å². The molecule has 3 heteroatoms. The Hall–Kier alpha value is -1.51. The van der Waals surface area contributed by atoms with Crippen LogP contribution in [0.3, 0.4) is 0 Å². The van der Waals surface area contributed by atoms with Crippen molar-refractivity contribution in [3.8, 4) is 5.75 Å². The molecule has 0 aliphatic heterocycles. The number of carbonyl (C=O) groups is 1. The van der Waals surface area contributed by atoms with E-state index in [1.54, 1.807) is 0 Å². The van der Waals surface area contributed by atoms with Gasteiger partial charge in [0, 0.05) is 0 Å². The molecule has 2 N–H and O–H groups in total. The fourth-order valence-corrected chi connectivity index (χ4v) is 0.583. The molecule has 0 fully saturated rings. The van der Waals surface area contributed by atoms with Crippen LogP contribution in [0.1, 0.15) is 10.4 Å². The normalized spacial score (nSPS) is 9.20. The molecule has 0 amide bonds. The minimum Gasteiger partial charge on any atom is -0.508 e. The average Bonchev–Trinajstić information content (AvgIpc) is 1.88. The van der Waals surface area contributed by atoms with Gasteiger partial charge in [0.25, 0.3) is 0 Å². The second-order valence-electron chi connectivity index (χ2n) is 1.79. The van der Waals surface area contributed by atoms with E-state index in [-0.39, 0.29) is 11.3 Å². The lowest BCUT2D eigenvalue weighted by atomic mass is 10.2. The Kier molecular flexibility index (Phi) is 1.58. The van der Waals surface area contributed by atoms with Gasteiger partial charge in [0.1, 0.15) is 5.75 Å². The molecular weight excluding hydrogens is 132 g/mol. The van der Waals surface area contributed by atoms with Crippen molar-refractivity contribution < 1.29 is 15.0 Å². The summed E-state index contributed by atoms with van der Waals surface area (Å²) in [6, 6.07) is 6.24. The minimum absolute atomic E-state index is 0.0417. The van der Waals surface area contributed by atoms with Crippen LogP contribution in [-0.4, -0.2) is 16.2 Å². The molecule has 0 aliphatic carbocycles. The summed E-state index contributed by atoms with van der Waals surface area (Å²) in [7, 11) is 0. The molecule has 10 heavy (non-hydrogen) atoms. The maximum Gasteiger partial charge on any atom is 0.335 e. The summed E-state index contributed by atoms with van der Waals surface area (Å²) in [6.07, 6.45) is 0. The standard InChI is InChI=1S/C7H5O3/c8-6-3-1-2-5(4-6)7(9)10/h2-4,8H,(H,9,10). The van der Waals surface area contributed by atoms with Crippen LogP contribution in [0.2, 0.25) is 0 Å². The van der Waals surface area contributed by atoms with E-state index in [1.165, 1.54) is 18.2 Å². The van der Waals surface area contributed by atoms with Gasteiger partial charge in [-0.1, -0.05) is 0 Å². The highest BCUT2D eigenvalue weighted by molar-refractivity contribution is 5.87. The highest BCUT2D eigenvalue weighted by Gasteiger charge is 2.00. The van der Waals surface area contributed by atoms with Crippen LogP contribution in [0.15, 0.2) is 18.2 Å². The van der Waals surface area contributed by atoms with Gasteiger partial charge in [-0.2, -0.15) is 0 Å². The summed E-state index contributed by atoms with van der Waals surface area (Å²) in [5.74, 6) is -1.15. The summed E-state index contributed by atoms with van der Waals surface area (Å²) in [5.41, 5.74) is 0.0417. The van der Waals surface area contributed by atoms with Gasteiger partial charge in [-0.05, 0) is 24.3 Å². The third-order valence-corrected chi connectivity index (χ3v) is 1.02. The molecule has 0 atom stereocenters. The number of carboxylic acids is 1. The second kappa shape index (κ2) is 2.39. The van der Waals surface area contributed by atoms with Crippen LogP contribution in [0, 0.1) is 6.07 Å². The first-order valence-corrected chi connectivity index (χ1v) is 2.63. The molecule has 1 radical (unpaired) electrons. The molecule has 0 bridgehead atoms. The van der Waals surface area contributed by atoms with E-state index in [2.05, 4.69) is 6.07 Å². The second-order valence-corrected chi connectivity index (χ2v) is 1.79. The molecule has 1 aromatic rings. The summed E-state index contributed by atoms with van der Waals surface area (Å²) in [5, 5.41) is 17.1. The molecule has 3 nitrogen and oxygen atoms in total. The van der Waals surface area contributed by atoms with Crippen molar-refractivity contribution in [1.82, 2.24) is 0 Å². The molecule has 0 saturated heterocycles. The van der Waals surface area contributed by atoms with Gasteiger partial charge >= 0.3 is 5.97 Å². The Balaban J connectivity index is 3.07. The number of phenols is 1. The number of carboxylic acid groups (broad SMARTS) is 1. The Morgan fingerprint density at radius 3 is 2.60 bits per heavy atom. The molecular formula is C7H5O3. The van der Waals surface area contributed by atoms with Gasteiger partial charge in [-0.15, -0.1) is 0 Å². The molecule has 0 saturated carbocycles. The van der Waals surface area contributed by atoms with Crippen LogP contribution >= 0.6 is 0 Å². The molecule has 0 aromatic heterocycles. The van der Waals surface area contributed by atoms with E-state index in [0.717, 1.165) is 0 Å². The summed E-state index contributed by atoms with van der Waals surface area (Å²) in [6.45, 7) is 0. The highest BCUT2D eigenvalue weighted by Crippen LogP contribution is 2.09. The molecule has 0 unspecified atom stereocenters. The van der Waals surface area contributed by atoms with Gasteiger partial charge < -0.3 is 10.2 Å². The zero-order chi connectivity index (χ0) is 7.56. The average molecular weight is 137 g/mol. The summed E-state index contributed by atoms with van der Waals surface area (Å²) in [4.78, 5) is 10.2. The van der Waals surface area contributed by atoms with Gasteiger partial charge in [0.2, 0.25) is 0 Å². The van der Waals surface area contributed by atoms with Crippen LogP contribution in [0.4, 0.5) is 0 Å². The Morgan fingerprint density at radius 2 is 2.20 bits per heavy atom. The Bertz CT molecular complexity index is 255. The number of hydrogen-bond donors (Lipinski definition) is 2. The van der Waals surface area contributed by atoms with Crippen molar-refractivity contribution in [2.24, 2.45) is 0 Å². The molecule has 51 valence electrons. The summed E-state index contributed by atoms with van der Waals surface area (Å²) >= 11 is 0. The number of benzene rings is 1. The van der Waals surface area contributed by atoms with Crippen LogP contribution in [0.25, 0.3) is 0 Å². The molecule has 0 heterocycles. The first-order chi connectivity index (χ1) is 4.70. The van der Waals surface area contributed by atoms with Crippen LogP contribution < -0.4 is 0 Å². The van der Waals surface area contributed by atoms with E-state index in [1.807, 2.05) is 0 Å². The lowest BCUT2D eigenvalue weighted by Crippen LogP contribution is -1.94. The topological polar surface area (TPSA) is 57.5 Å². The molecule has 0 aliphatic rings. The van der Waals surface area contributed by atoms with Gasteiger partial charge in [-0.3, -0.25) is 0 Å². The quantitative estimate of drug-likeness (QED) is 0.604. The lowest BCUT2D eigenvalue weighted by molar-refractivity contribution is 0.0696. The van der Waals surface area contributed by atoms with Crippen molar-refractivity contribution >= 4 is 5.97 Å². The SMILES string of the molecule is O=C(O)c1c[c]cc(O)c1. The van der Waals surface area contributed by atoms with Crippen molar-refractivity contribution in [2.45, 2.75) is 0 Å². The Morgan fingerprint density at radius 1 is 1.50 bits per heavy atom. The Labute approximate surface area is 57.5 Å². The monoisotopic (exact) mass is 137 g/mol. The van der Waals surface area contributed by atoms with Crippen molar-refractivity contribution in [3.05, 3.63) is 29.8 Å². The molecule has 0 spiro atoms. The number of hydrogen-bond acceptors (Lipinski definition) is 2. The molecule has 1 aromatic carbocycles. The van der Waals surface area contributed by atoms with E-state index in [9.17, 15) is 4.79 Å². The van der Waals surface area contributed by atoms with Crippen LogP contribution in [-0.2, 0) is 0 Å². The van der Waals surface area contributed by atoms with Gasteiger partial charge in [-0.25, -0.2) is 4.79 Å². The first kappa shape index (κ1) is 6.61. The van der Waals surface area contributed by atoms with Crippen molar-refractivity contribution in [3.63, 3.8) is 0 Å². The first-order valence-electron chi connectivity index (χ1n) is 2.63. The maximum absolute atomic E-state index is 10.2. The third-order valence-electron chi connectivity index (χ3n) is 1.02. The minimum atomic E-state index is -1.06. The van der Waals surface area contributed by atoms with E-state index in [4.69, 9.17) is 10.2 Å². The van der Waals surface area contributed by atoms with Crippen molar-refractivity contribution in [1.29, 1.82) is 0 Å². The van der Waals surface area contributed by atoms with E-state index in [0.29, 0.717) is 0 Å². The van der Waals surface area contributed by atoms with Gasteiger partial charge in [0.15, 0.2) is 0 Å². The molecule has 1 rings (SSSR count). The fourth-order valence-electron chi connectivity index (χ4n) is 0.583. The summed E-state index contributed by atoms with van der Waals surface area (Å²) < 4.78 is 0. The van der Waals surface area contributed by atoms with E-state index < -0.39 is 5.97 Å². The fraction of sp³-hybridized carbons (Fsp3) is 0. The number of phenolic OH excluding ortho intramolecular Hbond substituents is 1. The van der Waals surface area contributed by atoms with Gasteiger partial charge in [0.05, 0.1) is 5.56 Å². The number of aromatic hydroxyl groups is 1. The van der Waals surface area contributed by atoms with E-state index >= 15 is 0 Å². The maximum atomic E-state index is 10.2. The van der Waals surface area contributed by atoms with Crippen LogP contribution in [0.5, 0.6) is 5.75 Å². The predicted molar refractivity (Wildman–Crippen MR) is 33.9 cm³/mol.